The molecule has 3 rings (SSSR count). The van der Waals surface area contributed by atoms with E-state index in [1.165, 1.54) is 0 Å². The van der Waals surface area contributed by atoms with Crippen molar-refractivity contribution in [1.82, 2.24) is 0 Å². The second kappa shape index (κ2) is 6.73. The smallest absolute Gasteiger partial charge is 0.247 e. The Morgan fingerprint density at radius 2 is 2.04 bits per heavy atom. The van der Waals surface area contributed by atoms with Crippen LogP contribution >= 0.6 is 15.9 Å². The number of fused-ring (bicyclic) bond motifs is 1. The number of azide groups is 1. The highest BCUT2D eigenvalue weighted by Crippen LogP contribution is 2.35. The van der Waals surface area contributed by atoms with E-state index in [-0.39, 0.29) is 12.5 Å². The summed E-state index contributed by atoms with van der Waals surface area (Å²) in [4.78, 5) is 17.2. The Labute approximate surface area is 141 Å². The van der Waals surface area contributed by atoms with Crippen molar-refractivity contribution in [2.45, 2.75) is 12.6 Å². The van der Waals surface area contributed by atoms with Crippen molar-refractivity contribution in [3.63, 3.8) is 0 Å². The molecule has 0 aromatic heterocycles. The summed E-state index contributed by atoms with van der Waals surface area (Å²) in [5, 5.41) is 6.48. The van der Waals surface area contributed by atoms with Crippen LogP contribution in [0, 0.1) is 0 Å². The topological polar surface area (TPSA) is 81.1 Å². The Balaban J connectivity index is 2.02. The summed E-state index contributed by atoms with van der Waals surface area (Å²) in [5.74, 6) is -0.164. The van der Waals surface area contributed by atoms with Gasteiger partial charge in [0, 0.05) is 15.9 Å². The van der Waals surface area contributed by atoms with Gasteiger partial charge >= 0.3 is 0 Å². The van der Waals surface area contributed by atoms with Gasteiger partial charge in [-0.1, -0.05) is 51.4 Å². The van der Waals surface area contributed by atoms with Crippen molar-refractivity contribution in [3.8, 4) is 0 Å². The lowest BCUT2D eigenvalue weighted by atomic mass is 10.1. The van der Waals surface area contributed by atoms with Gasteiger partial charge in [-0.15, -0.1) is 0 Å². The zero-order chi connectivity index (χ0) is 16.2. The van der Waals surface area contributed by atoms with Crippen LogP contribution in [0.4, 0.5) is 11.4 Å². The third-order valence-corrected chi connectivity index (χ3v) is 4.21. The minimum atomic E-state index is -0.534. The van der Waals surface area contributed by atoms with Crippen molar-refractivity contribution >= 4 is 33.2 Å². The van der Waals surface area contributed by atoms with Gasteiger partial charge in [0.05, 0.1) is 17.9 Å². The van der Waals surface area contributed by atoms with Gasteiger partial charge in [-0.25, -0.2) is 0 Å². The molecule has 0 bridgehead atoms. The lowest BCUT2D eigenvalue weighted by Crippen LogP contribution is -2.49. The first-order chi connectivity index (χ1) is 11.2. The van der Waals surface area contributed by atoms with Crippen LogP contribution in [0.5, 0.6) is 0 Å². The second-order valence-electron chi connectivity index (χ2n) is 5.19. The highest BCUT2D eigenvalue weighted by molar-refractivity contribution is 9.10. The van der Waals surface area contributed by atoms with E-state index < -0.39 is 6.04 Å². The molecule has 1 N–H and O–H groups in total. The average molecular weight is 372 g/mol. The molecule has 0 aliphatic carbocycles. The molecule has 23 heavy (non-hydrogen) atoms. The molecule has 1 amide bonds. The quantitative estimate of drug-likeness (QED) is 0.498. The van der Waals surface area contributed by atoms with E-state index in [4.69, 9.17) is 5.53 Å². The number of nitrogens with one attached hydrogen (secondary N) is 1. The molecule has 0 fully saturated rings. The van der Waals surface area contributed by atoms with Crippen LogP contribution in [0.15, 0.2) is 58.1 Å². The summed E-state index contributed by atoms with van der Waals surface area (Å²) in [6.45, 7) is 0.643. The van der Waals surface area contributed by atoms with E-state index in [2.05, 4.69) is 31.3 Å². The van der Waals surface area contributed by atoms with Gasteiger partial charge < -0.3 is 10.2 Å². The molecule has 7 heteroatoms. The first-order valence-electron chi connectivity index (χ1n) is 7.11. The van der Waals surface area contributed by atoms with E-state index in [1.54, 1.807) is 0 Å². The van der Waals surface area contributed by atoms with Gasteiger partial charge in [-0.3, -0.25) is 4.79 Å². The maximum Gasteiger partial charge on any atom is 0.247 e. The third kappa shape index (κ3) is 3.31. The molecule has 0 saturated heterocycles. The normalized spacial score (nSPS) is 16.3. The SMILES string of the molecule is [N-]=[N+]=NC[C@@H]1C(=O)Nc2ccc(Br)cc2N1Cc1ccccc1. The Morgan fingerprint density at radius 1 is 1.26 bits per heavy atom. The Morgan fingerprint density at radius 3 is 2.78 bits per heavy atom. The highest BCUT2D eigenvalue weighted by atomic mass is 79.9. The Hall–Kier alpha value is -2.50. The number of benzene rings is 2. The molecule has 116 valence electrons. The fourth-order valence-electron chi connectivity index (χ4n) is 2.64. The summed E-state index contributed by atoms with van der Waals surface area (Å²) in [6.07, 6.45) is 0. The molecule has 0 spiro atoms. The van der Waals surface area contributed by atoms with Crippen molar-refractivity contribution in [2.75, 3.05) is 16.8 Å². The summed E-state index contributed by atoms with van der Waals surface area (Å²) < 4.78 is 0.924. The number of hydrogen-bond donors (Lipinski definition) is 1. The van der Waals surface area contributed by atoms with Crippen molar-refractivity contribution in [3.05, 3.63) is 69.0 Å². The molecule has 0 unspecified atom stereocenters. The number of hydrogen-bond acceptors (Lipinski definition) is 3. The summed E-state index contributed by atoms with van der Waals surface area (Å²) in [5.41, 5.74) is 11.3. The molecule has 1 atom stereocenters. The summed E-state index contributed by atoms with van der Waals surface area (Å²) in [7, 11) is 0. The first kappa shape index (κ1) is 15.4. The van der Waals surface area contributed by atoms with E-state index >= 15 is 0 Å². The number of halogens is 1. The zero-order valence-corrected chi connectivity index (χ0v) is 13.8. The predicted molar refractivity (Wildman–Crippen MR) is 93.2 cm³/mol. The summed E-state index contributed by atoms with van der Waals surface area (Å²) in [6, 6.07) is 15.1. The van der Waals surface area contributed by atoms with Gasteiger partial charge in [0.1, 0.15) is 6.04 Å². The molecular formula is C16H14BrN5O. The van der Waals surface area contributed by atoms with Crippen LogP contribution in [0.3, 0.4) is 0 Å². The fraction of sp³-hybridized carbons (Fsp3) is 0.188. The minimum absolute atomic E-state index is 0.0844. The number of carbonyl (C=O) groups excluding carboxylic acids is 1. The largest absolute Gasteiger partial charge is 0.353 e. The molecule has 0 radical (unpaired) electrons. The second-order valence-corrected chi connectivity index (χ2v) is 6.11. The number of anilines is 2. The third-order valence-electron chi connectivity index (χ3n) is 3.72. The lowest BCUT2D eigenvalue weighted by Gasteiger charge is -2.37. The first-order valence-corrected chi connectivity index (χ1v) is 7.90. The van der Waals surface area contributed by atoms with Crippen LogP contribution in [-0.4, -0.2) is 18.5 Å². The Bertz CT molecular complexity index is 773. The van der Waals surface area contributed by atoms with Gasteiger partial charge in [-0.2, -0.15) is 0 Å². The van der Waals surface area contributed by atoms with E-state index in [0.29, 0.717) is 6.54 Å². The van der Waals surface area contributed by atoms with Gasteiger partial charge in [0.15, 0.2) is 0 Å². The molecule has 6 nitrogen and oxygen atoms in total. The van der Waals surface area contributed by atoms with Gasteiger partial charge in [-0.05, 0) is 29.3 Å². The molecule has 2 aromatic rings. The molecule has 0 saturated carbocycles. The van der Waals surface area contributed by atoms with Crippen molar-refractivity contribution in [2.24, 2.45) is 5.11 Å². The minimum Gasteiger partial charge on any atom is -0.353 e. The molecule has 1 heterocycles. The van der Waals surface area contributed by atoms with E-state index in [9.17, 15) is 4.79 Å². The molecular weight excluding hydrogens is 358 g/mol. The molecule has 2 aromatic carbocycles. The zero-order valence-electron chi connectivity index (χ0n) is 12.2. The Kier molecular flexibility index (Phi) is 4.50. The van der Waals surface area contributed by atoms with Crippen molar-refractivity contribution < 1.29 is 4.79 Å². The maximum atomic E-state index is 12.4. The number of nitrogens with zero attached hydrogens (tertiary/aromatic N) is 4. The fourth-order valence-corrected chi connectivity index (χ4v) is 2.99. The number of amides is 1. The molecule has 1 aliphatic heterocycles. The van der Waals surface area contributed by atoms with E-state index in [0.717, 1.165) is 21.4 Å². The van der Waals surface area contributed by atoms with Crippen LogP contribution in [0.25, 0.3) is 10.4 Å². The standard InChI is InChI=1S/C16H14BrN5O/c17-12-6-7-13-14(8-12)22(10-11-4-2-1-3-5-11)15(9-19-21-18)16(23)20-13/h1-8,15H,9-10H2,(H,20,23)/t15-/m1/s1. The highest BCUT2D eigenvalue weighted by Gasteiger charge is 2.32. The van der Waals surface area contributed by atoms with Gasteiger partial charge in [0.25, 0.3) is 0 Å². The maximum absolute atomic E-state index is 12.4. The number of rotatable bonds is 4. The van der Waals surface area contributed by atoms with Crippen LogP contribution in [0.2, 0.25) is 0 Å². The van der Waals surface area contributed by atoms with E-state index in [1.807, 2.05) is 53.4 Å². The number of carbonyl (C=O) groups is 1. The van der Waals surface area contributed by atoms with Crippen LogP contribution in [0.1, 0.15) is 5.56 Å². The van der Waals surface area contributed by atoms with Crippen molar-refractivity contribution in [1.29, 1.82) is 0 Å². The van der Waals surface area contributed by atoms with Crippen LogP contribution < -0.4 is 10.2 Å². The lowest BCUT2D eigenvalue weighted by molar-refractivity contribution is -0.117. The average Bonchev–Trinajstić information content (AvgIpc) is 2.56. The van der Waals surface area contributed by atoms with Crippen LogP contribution in [-0.2, 0) is 11.3 Å². The predicted octanol–water partition coefficient (Wildman–Crippen LogP) is 4.09. The summed E-state index contributed by atoms with van der Waals surface area (Å²) >= 11 is 3.47. The molecule has 1 aliphatic rings. The monoisotopic (exact) mass is 371 g/mol. The van der Waals surface area contributed by atoms with Gasteiger partial charge in [0.2, 0.25) is 5.91 Å².